The second-order valence-corrected chi connectivity index (χ2v) is 5.72. The van der Waals surface area contributed by atoms with Crippen LogP contribution in [0.2, 0.25) is 5.15 Å². The van der Waals surface area contributed by atoms with Crippen molar-refractivity contribution >= 4 is 37.4 Å². The zero-order valence-electron chi connectivity index (χ0n) is 12.0. The molecule has 2 atom stereocenters. The summed E-state index contributed by atoms with van der Waals surface area (Å²) in [5.41, 5.74) is 2.86. The lowest BCUT2D eigenvalue weighted by Crippen LogP contribution is -2.05. The summed E-state index contributed by atoms with van der Waals surface area (Å²) >= 11 is 13.7. The van der Waals surface area contributed by atoms with E-state index in [9.17, 15) is 0 Å². The fourth-order valence-electron chi connectivity index (χ4n) is 2.11. The molecule has 0 amide bonds. The first kappa shape index (κ1) is 17.6. The molecule has 0 aliphatic heterocycles. The van der Waals surface area contributed by atoms with Crippen LogP contribution in [0.3, 0.4) is 0 Å². The molecule has 0 saturated heterocycles. The minimum absolute atomic E-state index is 0.164. The van der Waals surface area contributed by atoms with Crippen molar-refractivity contribution < 1.29 is 8.37 Å². The monoisotopic (exact) mass is 356 g/mol. The lowest BCUT2D eigenvalue weighted by Gasteiger charge is -2.19. The van der Waals surface area contributed by atoms with Crippen LogP contribution in [0.4, 0.5) is 0 Å². The van der Waals surface area contributed by atoms with E-state index in [1.165, 1.54) is 0 Å². The summed E-state index contributed by atoms with van der Waals surface area (Å²) in [6.45, 7) is 1.94. The third-order valence-corrected chi connectivity index (χ3v) is 4.11. The summed E-state index contributed by atoms with van der Waals surface area (Å²) in [4.78, 5) is 8.34. The molecule has 2 aromatic heterocycles. The van der Waals surface area contributed by atoms with Crippen molar-refractivity contribution in [2.45, 2.75) is 32.0 Å². The van der Waals surface area contributed by atoms with Crippen molar-refractivity contribution in [1.82, 2.24) is 9.97 Å². The van der Waals surface area contributed by atoms with Crippen molar-refractivity contribution in [1.29, 1.82) is 0 Å². The van der Waals surface area contributed by atoms with Gasteiger partial charge >= 0.3 is 0 Å². The molecule has 7 heteroatoms. The van der Waals surface area contributed by atoms with E-state index in [1.54, 1.807) is 18.5 Å². The Labute approximate surface area is 146 Å². The Balaban J connectivity index is 2.01. The summed E-state index contributed by atoms with van der Waals surface area (Å²) in [6.07, 6.45) is 4.54. The number of hydrogen-bond donors (Lipinski definition) is 2. The Morgan fingerprint density at radius 3 is 1.91 bits per heavy atom. The second-order valence-electron chi connectivity index (χ2n) is 4.91. The van der Waals surface area contributed by atoms with E-state index in [2.05, 4.69) is 35.8 Å². The molecule has 0 spiro atoms. The van der Waals surface area contributed by atoms with Gasteiger partial charge in [-0.2, -0.15) is 0 Å². The average molecular weight is 357 g/mol. The maximum atomic E-state index is 5.79. The Bertz CT molecular complexity index is 528. The van der Waals surface area contributed by atoms with Gasteiger partial charge in [-0.05, 0) is 57.7 Å². The van der Waals surface area contributed by atoms with Crippen LogP contribution in [0.5, 0.6) is 0 Å². The second kappa shape index (κ2) is 8.74. The van der Waals surface area contributed by atoms with Crippen LogP contribution >= 0.6 is 37.4 Å². The van der Waals surface area contributed by atoms with Gasteiger partial charge in [0.15, 0.2) is 0 Å². The van der Waals surface area contributed by atoms with E-state index >= 15 is 0 Å². The van der Waals surface area contributed by atoms with Crippen LogP contribution in [0.1, 0.15) is 41.9 Å². The number of nitrogens with zero attached hydrogens (tertiary/aromatic N) is 2. The van der Waals surface area contributed by atoms with Crippen LogP contribution in [0.25, 0.3) is 0 Å². The van der Waals surface area contributed by atoms with Gasteiger partial charge in [-0.15, -0.1) is 0 Å². The van der Waals surface area contributed by atoms with Crippen molar-refractivity contribution in [3.8, 4) is 0 Å². The van der Waals surface area contributed by atoms with Crippen LogP contribution in [0, 0.1) is 6.92 Å². The molecule has 118 valence electrons. The molecule has 0 aliphatic rings. The predicted octanol–water partition coefficient (Wildman–Crippen LogP) is 4.72. The molecule has 4 nitrogen and oxygen atoms in total. The quantitative estimate of drug-likeness (QED) is 0.428. The SMILES string of the molecule is Cc1ccc(C(CCC(OS)c2ccc(Cl)nc2)OS)cn1. The largest absolute Gasteiger partial charge is 0.310 e. The van der Waals surface area contributed by atoms with Crippen LogP contribution < -0.4 is 0 Å². The van der Waals surface area contributed by atoms with Crippen LogP contribution in [-0.2, 0) is 8.37 Å². The Kier molecular flexibility index (Phi) is 6.98. The molecule has 0 aliphatic carbocycles. The molecule has 0 N–H and O–H groups in total. The van der Waals surface area contributed by atoms with Crippen molar-refractivity contribution in [3.05, 3.63) is 58.6 Å². The number of halogens is 1. The predicted molar refractivity (Wildman–Crippen MR) is 93.1 cm³/mol. The highest BCUT2D eigenvalue weighted by molar-refractivity contribution is 7.75. The van der Waals surface area contributed by atoms with Gasteiger partial charge in [-0.1, -0.05) is 23.7 Å². The number of pyridine rings is 2. The number of aryl methyl sites for hydroxylation is 1. The van der Waals surface area contributed by atoms with Gasteiger partial charge in [0.1, 0.15) is 5.15 Å². The number of thiol groups is 2. The molecule has 2 rings (SSSR count). The van der Waals surface area contributed by atoms with E-state index in [1.807, 2.05) is 25.1 Å². The van der Waals surface area contributed by atoms with E-state index < -0.39 is 0 Å². The third-order valence-electron chi connectivity index (χ3n) is 3.37. The highest BCUT2D eigenvalue weighted by Crippen LogP contribution is 2.31. The molecule has 2 aromatic rings. The van der Waals surface area contributed by atoms with Crippen LogP contribution in [0.15, 0.2) is 36.7 Å². The number of hydrogen-bond acceptors (Lipinski definition) is 6. The Morgan fingerprint density at radius 2 is 1.50 bits per heavy atom. The summed E-state index contributed by atoms with van der Waals surface area (Å²) < 4.78 is 10.5. The first-order chi connectivity index (χ1) is 10.6. The number of aromatic nitrogens is 2. The Hall–Kier alpha value is -0.790. The Morgan fingerprint density at radius 1 is 0.955 bits per heavy atom. The minimum Gasteiger partial charge on any atom is -0.310 e. The lowest BCUT2D eigenvalue weighted by molar-refractivity contribution is 0.180. The maximum absolute atomic E-state index is 5.79. The van der Waals surface area contributed by atoms with Crippen molar-refractivity contribution in [3.63, 3.8) is 0 Å². The lowest BCUT2D eigenvalue weighted by atomic mass is 10.0. The van der Waals surface area contributed by atoms with Gasteiger partial charge in [0.05, 0.1) is 12.2 Å². The van der Waals surface area contributed by atoms with Gasteiger partial charge in [-0.25, -0.2) is 4.98 Å². The van der Waals surface area contributed by atoms with Gasteiger partial charge < -0.3 is 8.37 Å². The zero-order chi connectivity index (χ0) is 15.9. The molecule has 2 heterocycles. The van der Waals surface area contributed by atoms with Gasteiger partial charge in [-0.3, -0.25) is 4.98 Å². The molecule has 0 radical (unpaired) electrons. The molecular formula is C15H17ClN2O2S2. The molecule has 2 unspecified atom stereocenters. The maximum Gasteiger partial charge on any atom is 0.129 e. The average Bonchev–Trinajstić information content (AvgIpc) is 2.54. The summed E-state index contributed by atoms with van der Waals surface area (Å²) in [5, 5.41) is 0.448. The first-order valence-electron chi connectivity index (χ1n) is 6.78. The normalized spacial score (nSPS) is 13.8. The third kappa shape index (κ3) is 4.86. The van der Waals surface area contributed by atoms with E-state index in [0.29, 0.717) is 18.0 Å². The highest BCUT2D eigenvalue weighted by atomic mass is 35.5. The van der Waals surface area contributed by atoms with Gasteiger partial charge in [0.25, 0.3) is 0 Å². The molecule has 0 aromatic carbocycles. The van der Waals surface area contributed by atoms with E-state index in [0.717, 1.165) is 16.8 Å². The fraction of sp³-hybridized carbons (Fsp3) is 0.333. The topological polar surface area (TPSA) is 44.2 Å². The smallest absolute Gasteiger partial charge is 0.129 e. The van der Waals surface area contributed by atoms with E-state index in [-0.39, 0.29) is 12.2 Å². The first-order valence-corrected chi connectivity index (χ1v) is 7.89. The molecular weight excluding hydrogens is 340 g/mol. The van der Waals surface area contributed by atoms with Gasteiger partial charge in [0.2, 0.25) is 0 Å². The zero-order valence-corrected chi connectivity index (χ0v) is 14.6. The van der Waals surface area contributed by atoms with Gasteiger partial charge in [0, 0.05) is 29.2 Å². The molecule has 0 saturated carbocycles. The molecule has 0 fully saturated rings. The molecule has 22 heavy (non-hydrogen) atoms. The van der Waals surface area contributed by atoms with Crippen molar-refractivity contribution in [2.24, 2.45) is 0 Å². The summed E-state index contributed by atoms with van der Waals surface area (Å²) in [5.74, 6) is 0. The van der Waals surface area contributed by atoms with Crippen molar-refractivity contribution in [2.75, 3.05) is 0 Å². The summed E-state index contributed by atoms with van der Waals surface area (Å²) in [7, 11) is 0. The minimum atomic E-state index is -0.197. The fourth-order valence-corrected chi connectivity index (χ4v) is 2.68. The van der Waals surface area contributed by atoms with Crippen LogP contribution in [-0.4, -0.2) is 9.97 Å². The standard InChI is InChI=1S/C15H17ClN2O2S2/c1-10-2-3-11(8-17-10)13(19-21)5-6-14(20-22)12-4-7-15(16)18-9-12/h2-4,7-9,13-14,21-22H,5-6H2,1H3. The van der Waals surface area contributed by atoms with E-state index in [4.69, 9.17) is 20.0 Å². The number of rotatable bonds is 7. The highest BCUT2D eigenvalue weighted by Gasteiger charge is 2.17. The summed E-state index contributed by atoms with van der Waals surface area (Å²) in [6, 6.07) is 7.54. The molecule has 0 bridgehead atoms.